The van der Waals surface area contributed by atoms with Crippen molar-refractivity contribution in [3.8, 4) is 0 Å². The summed E-state index contributed by atoms with van der Waals surface area (Å²) >= 11 is 3.51. The highest BCUT2D eigenvalue weighted by atomic mass is 79.9. The van der Waals surface area contributed by atoms with E-state index in [9.17, 15) is 0 Å². The highest BCUT2D eigenvalue weighted by Gasteiger charge is 2.05. The summed E-state index contributed by atoms with van der Waals surface area (Å²) in [6, 6.07) is 16.3. The number of hydrogen-bond acceptors (Lipinski definition) is 3. The smallest absolute Gasteiger partial charge is 0.295 e. The van der Waals surface area contributed by atoms with Gasteiger partial charge in [-0.1, -0.05) is 46.3 Å². The van der Waals surface area contributed by atoms with Gasteiger partial charge in [-0.3, -0.25) is 0 Å². The Labute approximate surface area is 113 Å². The number of anilines is 1. The molecule has 3 nitrogen and oxygen atoms in total. The minimum Gasteiger partial charge on any atom is -0.424 e. The first kappa shape index (κ1) is 11.3. The third-order valence-corrected chi connectivity index (χ3v) is 3.46. The van der Waals surface area contributed by atoms with Crippen LogP contribution in [0.2, 0.25) is 0 Å². The van der Waals surface area contributed by atoms with E-state index >= 15 is 0 Å². The van der Waals surface area contributed by atoms with Crippen LogP contribution in [0.1, 0.15) is 5.56 Å². The number of oxazole rings is 1. The molecule has 1 heterocycles. The molecule has 0 saturated carbocycles. The van der Waals surface area contributed by atoms with E-state index in [1.807, 2.05) is 42.5 Å². The number of rotatable bonds is 3. The van der Waals surface area contributed by atoms with Crippen LogP contribution in [0, 0.1) is 0 Å². The van der Waals surface area contributed by atoms with E-state index < -0.39 is 0 Å². The molecule has 3 aromatic rings. The highest BCUT2D eigenvalue weighted by Crippen LogP contribution is 2.20. The summed E-state index contributed by atoms with van der Waals surface area (Å²) in [7, 11) is 0. The maximum Gasteiger partial charge on any atom is 0.295 e. The molecule has 1 aromatic heterocycles. The second-order valence-electron chi connectivity index (χ2n) is 3.93. The molecular formula is C14H11BrN2O. The Morgan fingerprint density at radius 3 is 2.67 bits per heavy atom. The minimum atomic E-state index is 0.548. The lowest BCUT2D eigenvalue weighted by Crippen LogP contribution is -1.99. The van der Waals surface area contributed by atoms with E-state index in [-0.39, 0.29) is 0 Å². The Morgan fingerprint density at radius 2 is 1.83 bits per heavy atom. The Morgan fingerprint density at radius 1 is 1.06 bits per heavy atom. The second-order valence-corrected chi connectivity index (χ2v) is 4.79. The first-order valence-corrected chi connectivity index (χ1v) is 6.45. The van der Waals surface area contributed by atoms with Gasteiger partial charge in [-0.15, -0.1) is 0 Å². The van der Waals surface area contributed by atoms with Crippen molar-refractivity contribution >= 4 is 33.0 Å². The number of nitrogens with one attached hydrogen (secondary N) is 1. The van der Waals surface area contributed by atoms with E-state index in [1.165, 1.54) is 5.56 Å². The van der Waals surface area contributed by atoms with Gasteiger partial charge >= 0.3 is 0 Å². The first-order chi connectivity index (χ1) is 8.83. The zero-order valence-corrected chi connectivity index (χ0v) is 11.1. The van der Waals surface area contributed by atoms with Gasteiger partial charge in [0.15, 0.2) is 5.58 Å². The highest BCUT2D eigenvalue weighted by molar-refractivity contribution is 9.10. The fourth-order valence-corrected chi connectivity index (χ4v) is 2.19. The lowest BCUT2D eigenvalue weighted by Gasteiger charge is -2.03. The SMILES string of the molecule is Brc1ccccc1CNc1nc2ccccc2o1. The molecule has 1 N–H and O–H groups in total. The monoisotopic (exact) mass is 302 g/mol. The summed E-state index contributed by atoms with van der Waals surface area (Å²) in [5.74, 6) is 0. The molecule has 90 valence electrons. The fraction of sp³-hybridized carbons (Fsp3) is 0.0714. The Balaban J connectivity index is 1.79. The molecule has 2 aromatic carbocycles. The Kier molecular flexibility index (Phi) is 3.02. The minimum absolute atomic E-state index is 0.548. The Hall–Kier alpha value is -1.81. The summed E-state index contributed by atoms with van der Waals surface area (Å²) in [4.78, 5) is 4.36. The molecule has 4 heteroatoms. The van der Waals surface area contributed by atoms with E-state index in [0.717, 1.165) is 15.6 Å². The maximum atomic E-state index is 5.59. The van der Waals surface area contributed by atoms with Crippen LogP contribution in [0.5, 0.6) is 0 Å². The summed E-state index contributed by atoms with van der Waals surface area (Å²) in [5, 5.41) is 3.18. The lowest BCUT2D eigenvalue weighted by molar-refractivity contribution is 0.614. The van der Waals surface area contributed by atoms with Crippen molar-refractivity contribution in [1.82, 2.24) is 4.98 Å². The largest absolute Gasteiger partial charge is 0.424 e. The van der Waals surface area contributed by atoms with Gasteiger partial charge in [0.1, 0.15) is 5.52 Å². The van der Waals surface area contributed by atoms with Crippen molar-refractivity contribution in [2.45, 2.75) is 6.54 Å². The quantitative estimate of drug-likeness (QED) is 0.788. The third-order valence-electron chi connectivity index (χ3n) is 2.68. The average Bonchev–Trinajstić information content (AvgIpc) is 2.80. The topological polar surface area (TPSA) is 38.1 Å². The van der Waals surface area contributed by atoms with Gasteiger partial charge in [0.05, 0.1) is 0 Å². The van der Waals surface area contributed by atoms with Crippen LogP contribution >= 0.6 is 15.9 Å². The number of para-hydroxylation sites is 2. The molecule has 3 rings (SSSR count). The molecule has 18 heavy (non-hydrogen) atoms. The lowest BCUT2D eigenvalue weighted by atomic mass is 10.2. The van der Waals surface area contributed by atoms with Crippen LogP contribution in [0.3, 0.4) is 0 Å². The molecule has 0 aliphatic rings. The molecule has 0 atom stereocenters. The molecule has 0 spiro atoms. The number of benzene rings is 2. The number of fused-ring (bicyclic) bond motifs is 1. The van der Waals surface area contributed by atoms with E-state index in [0.29, 0.717) is 12.6 Å². The van der Waals surface area contributed by atoms with Gasteiger partial charge in [0.25, 0.3) is 6.01 Å². The van der Waals surface area contributed by atoms with Crippen molar-refractivity contribution in [2.24, 2.45) is 0 Å². The zero-order chi connectivity index (χ0) is 12.4. The van der Waals surface area contributed by atoms with E-state index in [4.69, 9.17) is 4.42 Å². The van der Waals surface area contributed by atoms with E-state index in [1.54, 1.807) is 0 Å². The predicted octanol–water partition coefficient (Wildman–Crippen LogP) is 4.20. The number of halogens is 1. The standard InChI is InChI=1S/C14H11BrN2O/c15-11-6-2-1-5-10(11)9-16-14-17-12-7-3-4-8-13(12)18-14/h1-8H,9H2,(H,16,17). The molecule has 0 aliphatic carbocycles. The molecule has 0 saturated heterocycles. The second kappa shape index (κ2) is 4.82. The van der Waals surface area contributed by atoms with Gasteiger partial charge in [0, 0.05) is 11.0 Å². The molecule has 0 bridgehead atoms. The van der Waals surface area contributed by atoms with Crippen LogP contribution in [-0.4, -0.2) is 4.98 Å². The predicted molar refractivity (Wildman–Crippen MR) is 75.5 cm³/mol. The molecule has 0 fully saturated rings. The van der Waals surface area contributed by atoms with Crippen LogP contribution < -0.4 is 5.32 Å². The first-order valence-electron chi connectivity index (χ1n) is 5.66. The van der Waals surface area contributed by atoms with Crippen molar-refractivity contribution in [3.63, 3.8) is 0 Å². The molecule has 0 amide bonds. The molecular weight excluding hydrogens is 292 g/mol. The van der Waals surface area contributed by atoms with Crippen LogP contribution in [0.25, 0.3) is 11.1 Å². The van der Waals surface area contributed by atoms with Crippen molar-refractivity contribution in [3.05, 3.63) is 58.6 Å². The third kappa shape index (κ3) is 2.24. The average molecular weight is 303 g/mol. The summed E-state index contributed by atoms with van der Waals surface area (Å²) < 4.78 is 6.67. The number of nitrogens with zero attached hydrogens (tertiary/aromatic N) is 1. The number of hydrogen-bond donors (Lipinski definition) is 1. The van der Waals surface area contributed by atoms with Crippen molar-refractivity contribution in [1.29, 1.82) is 0 Å². The molecule has 0 unspecified atom stereocenters. The number of aromatic nitrogens is 1. The van der Waals surface area contributed by atoms with Gasteiger partial charge in [0.2, 0.25) is 0 Å². The van der Waals surface area contributed by atoms with Gasteiger partial charge in [-0.05, 0) is 23.8 Å². The van der Waals surface area contributed by atoms with E-state index in [2.05, 4.69) is 32.3 Å². The molecule has 0 radical (unpaired) electrons. The van der Waals surface area contributed by atoms with Gasteiger partial charge < -0.3 is 9.73 Å². The van der Waals surface area contributed by atoms with Crippen LogP contribution in [0.15, 0.2) is 57.4 Å². The summed E-state index contributed by atoms with van der Waals surface area (Å²) in [6.45, 7) is 0.675. The Bertz CT molecular complexity index is 645. The van der Waals surface area contributed by atoms with Crippen molar-refractivity contribution in [2.75, 3.05) is 5.32 Å². The van der Waals surface area contributed by atoms with Gasteiger partial charge in [-0.25, -0.2) is 0 Å². The molecule has 0 aliphatic heterocycles. The summed E-state index contributed by atoms with van der Waals surface area (Å²) in [5.41, 5.74) is 2.83. The van der Waals surface area contributed by atoms with Crippen LogP contribution in [-0.2, 0) is 6.54 Å². The van der Waals surface area contributed by atoms with Crippen molar-refractivity contribution < 1.29 is 4.42 Å². The van der Waals surface area contributed by atoms with Gasteiger partial charge in [-0.2, -0.15) is 4.98 Å². The maximum absolute atomic E-state index is 5.59. The fourth-order valence-electron chi connectivity index (χ4n) is 1.76. The summed E-state index contributed by atoms with van der Waals surface area (Å²) in [6.07, 6.45) is 0. The zero-order valence-electron chi connectivity index (χ0n) is 9.56. The van der Waals surface area contributed by atoms with Crippen LogP contribution in [0.4, 0.5) is 6.01 Å². The normalized spacial score (nSPS) is 10.7.